The summed E-state index contributed by atoms with van der Waals surface area (Å²) in [6.07, 6.45) is 3.61. The van der Waals surface area contributed by atoms with Crippen molar-refractivity contribution in [2.45, 2.75) is 33.3 Å². The Morgan fingerprint density at radius 2 is 2.06 bits per heavy atom. The quantitative estimate of drug-likeness (QED) is 0.768. The predicted octanol–water partition coefficient (Wildman–Crippen LogP) is 2.55. The minimum absolute atomic E-state index is 0.579. The zero-order valence-corrected chi connectivity index (χ0v) is 11.2. The van der Waals surface area contributed by atoms with Crippen LogP contribution < -0.4 is 0 Å². The van der Waals surface area contributed by atoms with Crippen molar-refractivity contribution in [3.63, 3.8) is 0 Å². The van der Waals surface area contributed by atoms with Crippen molar-refractivity contribution in [2.75, 3.05) is 0 Å². The Hall–Kier alpha value is -1.20. The lowest BCUT2D eigenvalue weighted by atomic mass is 10.3. The van der Waals surface area contributed by atoms with E-state index in [2.05, 4.69) is 29.6 Å². The highest BCUT2D eigenvalue weighted by Gasteiger charge is 2.14. The minimum Gasteiger partial charge on any atom is -0.400 e. The molecule has 0 radical (unpaired) electrons. The topological polar surface area (TPSA) is 39.9 Å². The fourth-order valence-corrected chi connectivity index (χ4v) is 2.02. The third kappa shape index (κ3) is 2.30. The van der Waals surface area contributed by atoms with Gasteiger partial charge < -0.3 is 8.99 Å². The largest absolute Gasteiger partial charge is 0.400 e. The van der Waals surface area contributed by atoms with E-state index in [1.54, 1.807) is 6.33 Å². The Morgan fingerprint density at radius 1 is 1.31 bits per heavy atom. The van der Waals surface area contributed by atoms with E-state index < -0.39 is 8.32 Å². The second-order valence-corrected chi connectivity index (χ2v) is 9.38. The highest BCUT2D eigenvalue weighted by atomic mass is 28.4. The van der Waals surface area contributed by atoms with Crippen LogP contribution in [0.3, 0.4) is 0 Å². The van der Waals surface area contributed by atoms with Crippen molar-refractivity contribution >= 4 is 19.4 Å². The molecule has 2 rings (SSSR count). The van der Waals surface area contributed by atoms with Gasteiger partial charge in [-0.2, -0.15) is 0 Å². The predicted molar refractivity (Wildman–Crippen MR) is 66.7 cm³/mol. The van der Waals surface area contributed by atoms with Crippen molar-refractivity contribution in [3.8, 4) is 0 Å². The average Bonchev–Trinajstić information content (AvgIpc) is 2.58. The molecule has 0 aliphatic carbocycles. The highest BCUT2D eigenvalue weighted by Crippen LogP contribution is 2.16. The van der Waals surface area contributed by atoms with Crippen molar-refractivity contribution < 1.29 is 4.43 Å². The van der Waals surface area contributed by atoms with Gasteiger partial charge in [0.15, 0.2) is 8.32 Å². The summed E-state index contributed by atoms with van der Waals surface area (Å²) >= 11 is 0. The Kier molecular flexibility index (Phi) is 2.81. The van der Waals surface area contributed by atoms with Crippen molar-refractivity contribution in [1.82, 2.24) is 14.5 Å². The normalized spacial score (nSPS) is 12.2. The fraction of sp³-hybridized carbons (Fsp3) is 0.455. The molecule has 2 aromatic rings. The summed E-state index contributed by atoms with van der Waals surface area (Å²) in [5.41, 5.74) is 1.96. The van der Waals surface area contributed by atoms with Crippen LogP contribution in [-0.4, -0.2) is 22.9 Å². The molecule has 0 N–H and O–H groups in total. The lowest BCUT2D eigenvalue weighted by molar-refractivity contribution is 0.233. The molecule has 0 aliphatic heterocycles. The van der Waals surface area contributed by atoms with Crippen molar-refractivity contribution in [1.29, 1.82) is 0 Å². The molecule has 16 heavy (non-hydrogen) atoms. The lowest BCUT2D eigenvalue weighted by Crippen LogP contribution is -2.26. The second kappa shape index (κ2) is 3.99. The molecule has 0 aromatic carbocycles. The van der Waals surface area contributed by atoms with Crippen LogP contribution in [0.4, 0.5) is 0 Å². The van der Waals surface area contributed by atoms with Crippen LogP contribution in [0, 0.1) is 6.92 Å². The lowest BCUT2D eigenvalue weighted by Gasteiger charge is -2.17. The van der Waals surface area contributed by atoms with E-state index in [9.17, 15) is 0 Å². The molecule has 0 aliphatic rings. The van der Waals surface area contributed by atoms with Crippen LogP contribution in [0.1, 0.15) is 5.69 Å². The first-order valence-electron chi connectivity index (χ1n) is 5.38. The summed E-state index contributed by atoms with van der Waals surface area (Å²) in [4.78, 5) is 8.46. The molecule has 0 fully saturated rings. The Bertz CT molecular complexity index is 501. The zero-order chi connectivity index (χ0) is 11.8. The first kappa shape index (κ1) is 11.3. The van der Waals surface area contributed by atoms with E-state index in [1.165, 1.54) is 0 Å². The van der Waals surface area contributed by atoms with Gasteiger partial charge in [0.25, 0.3) is 0 Å². The summed E-state index contributed by atoms with van der Waals surface area (Å²) in [5.74, 6) is 0. The molecular formula is C11H17N3OSi. The molecule has 0 bridgehead atoms. The Morgan fingerprint density at radius 3 is 2.75 bits per heavy atom. The molecule has 0 amide bonds. The van der Waals surface area contributed by atoms with Gasteiger partial charge in [-0.1, -0.05) is 0 Å². The van der Waals surface area contributed by atoms with E-state index in [1.807, 2.05) is 23.8 Å². The Balaban J connectivity index is 2.29. The van der Waals surface area contributed by atoms with Crippen LogP contribution in [0.2, 0.25) is 19.6 Å². The van der Waals surface area contributed by atoms with Crippen molar-refractivity contribution in [2.24, 2.45) is 0 Å². The summed E-state index contributed by atoms with van der Waals surface area (Å²) in [6.45, 7) is 9.11. The second-order valence-electron chi connectivity index (χ2n) is 4.87. The maximum Gasteiger partial charge on any atom is 0.186 e. The standard InChI is InChI=1S/C11H17N3OSi/c1-9-10-5-6-14(8-15-16(2,3)4)11(10)13-7-12-9/h5-7H,8H2,1-4H3. The number of aryl methyl sites for hydroxylation is 1. The molecule has 0 atom stereocenters. The smallest absolute Gasteiger partial charge is 0.186 e. The number of fused-ring (bicyclic) bond motifs is 1. The van der Waals surface area contributed by atoms with Crippen LogP contribution in [-0.2, 0) is 11.2 Å². The van der Waals surface area contributed by atoms with E-state index in [4.69, 9.17) is 4.43 Å². The molecule has 0 saturated heterocycles. The maximum absolute atomic E-state index is 5.86. The first-order chi connectivity index (χ1) is 7.47. The minimum atomic E-state index is -1.48. The third-order valence-electron chi connectivity index (χ3n) is 2.39. The van der Waals surface area contributed by atoms with Crippen LogP contribution in [0.25, 0.3) is 11.0 Å². The number of nitrogens with zero attached hydrogens (tertiary/aromatic N) is 3. The van der Waals surface area contributed by atoms with Gasteiger partial charge in [-0.05, 0) is 32.6 Å². The maximum atomic E-state index is 5.86. The zero-order valence-electron chi connectivity index (χ0n) is 10.2. The van der Waals surface area contributed by atoms with E-state index in [0.29, 0.717) is 6.73 Å². The van der Waals surface area contributed by atoms with Crippen LogP contribution in [0.5, 0.6) is 0 Å². The molecule has 2 aromatic heterocycles. The SMILES string of the molecule is Cc1ncnc2c1ccn2CO[Si](C)(C)C. The molecule has 5 heteroatoms. The molecule has 2 heterocycles. The van der Waals surface area contributed by atoms with E-state index in [0.717, 1.165) is 16.7 Å². The summed E-state index contributed by atoms with van der Waals surface area (Å²) in [5, 5.41) is 1.10. The molecular weight excluding hydrogens is 218 g/mol. The van der Waals surface area contributed by atoms with Gasteiger partial charge in [0.1, 0.15) is 18.7 Å². The van der Waals surface area contributed by atoms with Gasteiger partial charge in [0.05, 0.1) is 5.69 Å². The third-order valence-corrected chi connectivity index (χ3v) is 3.39. The monoisotopic (exact) mass is 235 g/mol. The van der Waals surface area contributed by atoms with Gasteiger partial charge in [0, 0.05) is 11.6 Å². The average molecular weight is 235 g/mol. The molecule has 0 unspecified atom stereocenters. The van der Waals surface area contributed by atoms with Crippen LogP contribution >= 0.6 is 0 Å². The molecule has 4 nitrogen and oxygen atoms in total. The van der Waals surface area contributed by atoms with E-state index in [-0.39, 0.29) is 0 Å². The number of rotatable bonds is 3. The van der Waals surface area contributed by atoms with Crippen LogP contribution in [0.15, 0.2) is 18.6 Å². The van der Waals surface area contributed by atoms with Gasteiger partial charge in [-0.3, -0.25) is 0 Å². The highest BCUT2D eigenvalue weighted by molar-refractivity contribution is 6.69. The summed E-state index contributed by atoms with van der Waals surface area (Å²) in [7, 11) is -1.48. The van der Waals surface area contributed by atoms with Crippen molar-refractivity contribution in [3.05, 3.63) is 24.3 Å². The summed E-state index contributed by atoms with van der Waals surface area (Å²) < 4.78 is 7.89. The molecule has 0 saturated carbocycles. The Labute approximate surface area is 96.4 Å². The number of hydrogen-bond donors (Lipinski definition) is 0. The number of aromatic nitrogens is 3. The molecule has 0 spiro atoms. The van der Waals surface area contributed by atoms with Gasteiger partial charge >= 0.3 is 0 Å². The fourth-order valence-electron chi connectivity index (χ4n) is 1.50. The van der Waals surface area contributed by atoms with E-state index >= 15 is 0 Å². The number of hydrogen-bond acceptors (Lipinski definition) is 3. The first-order valence-corrected chi connectivity index (χ1v) is 8.78. The van der Waals surface area contributed by atoms with Gasteiger partial charge in [-0.25, -0.2) is 9.97 Å². The van der Waals surface area contributed by atoms with Gasteiger partial charge in [-0.15, -0.1) is 0 Å². The summed E-state index contributed by atoms with van der Waals surface area (Å²) in [6, 6.07) is 2.04. The molecule has 86 valence electrons. The van der Waals surface area contributed by atoms with Gasteiger partial charge in [0.2, 0.25) is 0 Å².